The van der Waals surface area contributed by atoms with Crippen molar-refractivity contribution in [3.05, 3.63) is 96.1 Å². The molecule has 19 heteroatoms. The number of piperidine rings is 2. The Morgan fingerprint density at radius 1 is 0.657 bits per heavy atom. The topological polar surface area (TPSA) is 229 Å². The van der Waals surface area contributed by atoms with Crippen molar-refractivity contribution in [2.75, 3.05) is 61.5 Å². The highest BCUT2D eigenvalue weighted by Gasteiger charge is 2.40. The number of amides is 1. The molecule has 5 N–H and O–H groups in total. The highest BCUT2D eigenvalue weighted by molar-refractivity contribution is 5.85. The molecular formula is C51H71ClN14O4. The molecular weight excluding hydrogens is 908 g/mol. The van der Waals surface area contributed by atoms with Gasteiger partial charge in [0.15, 0.2) is 11.6 Å². The van der Waals surface area contributed by atoms with Gasteiger partial charge in [-0.15, -0.1) is 12.4 Å². The monoisotopic (exact) mass is 979 g/mol. The highest BCUT2D eigenvalue weighted by atomic mass is 35.5. The number of hydrogen-bond donors (Lipinski definition) is 3. The summed E-state index contributed by atoms with van der Waals surface area (Å²) in [6.45, 7) is 21.9. The normalized spacial score (nSPS) is 16.5. The Morgan fingerprint density at radius 3 is 1.37 bits per heavy atom. The fraction of sp³-hybridized carbons (Fsp3) is 0.510. The number of carbonyl (C=O) groups is 1. The Kier molecular flexibility index (Phi) is 16.7. The first-order chi connectivity index (χ1) is 32.8. The van der Waals surface area contributed by atoms with E-state index in [2.05, 4.69) is 135 Å². The van der Waals surface area contributed by atoms with Gasteiger partial charge in [-0.1, -0.05) is 86.5 Å². The number of nitrogens with zero attached hydrogens (tertiary/aromatic N) is 11. The van der Waals surface area contributed by atoms with Gasteiger partial charge in [0.1, 0.15) is 5.60 Å². The van der Waals surface area contributed by atoms with E-state index in [0.29, 0.717) is 23.9 Å². The van der Waals surface area contributed by atoms with Crippen LogP contribution in [0, 0.1) is 11.8 Å². The summed E-state index contributed by atoms with van der Waals surface area (Å²) in [5.74, 6) is 2.39. The van der Waals surface area contributed by atoms with Crippen molar-refractivity contribution in [1.82, 2.24) is 50.4 Å². The van der Waals surface area contributed by atoms with Gasteiger partial charge >= 0.3 is 18.1 Å². The molecule has 2 saturated heterocycles. The van der Waals surface area contributed by atoms with Crippen molar-refractivity contribution in [2.45, 2.75) is 117 Å². The molecule has 0 aliphatic carbocycles. The van der Waals surface area contributed by atoms with Crippen LogP contribution in [0.1, 0.15) is 111 Å². The highest BCUT2D eigenvalue weighted by Crippen LogP contribution is 2.41. The Balaban J connectivity index is 0.000000231. The van der Waals surface area contributed by atoms with Crippen molar-refractivity contribution in [3.63, 3.8) is 0 Å². The molecule has 8 rings (SSSR count). The zero-order valence-electron chi connectivity index (χ0n) is 42.5. The van der Waals surface area contributed by atoms with E-state index in [1.807, 2.05) is 27.8 Å². The number of nitrogens with two attached hydrogens (primary N) is 2. The molecule has 2 aliphatic rings. The first-order valence-electron chi connectivity index (χ1n) is 24.0. The van der Waals surface area contributed by atoms with E-state index < -0.39 is 11.0 Å². The van der Waals surface area contributed by atoms with Crippen molar-refractivity contribution in [3.8, 4) is 22.3 Å². The van der Waals surface area contributed by atoms with Crippen LogP contribution in [-0.2, 0) is 15.6 Å². The van der Waals surface area contributed by atoms with E-state index in [4.69, 9.17) is 35.2 Å². The summed E-state index contributed by atoms with van der Waals surface area (Å²) in [6, 6.07) is 18.5. The van der Waals surface area contributed by atoms with Crippen LogP contribution < -0.4 is 26.6 Å². The molecule has 0 bridgehead atoms. The van der Waals surface area contributed by atoms with Gasteiger partial charge in [0.2, 0.25) is 11.9 Å². The number of hydrogen-bond acceptors (Lipinski definition) is 17. The van der Waals surface area contributed by atoms with E-state index in [1.54, 1.807) is 36.7 Å². The molecule has 2 aliphatic heterocycles. The summed E-state index contributed by atoms with van der Waals surface area (Å²) in [6.07, 6.45) is 10.4. The second kappa shape index (κ2) is 22.1. The summed E-state index contributed by atoms with van der Waals surface area (Å²) >= 11 is 0. The number of benzene rings is 2. The molecule has 0 saturated carbocycles. The van der Waals surface area contributed by atoms with Gasteiger partial charge in [-0.05, 0) is 101 Å². The quantitative estimate of drug-likeness (QED) is 0.104. The third-order valence-electron chi connectivity index (χ3n) is 14.2. The maximum Gasteiger partial charge on any atom is 0.410 e. The summed E-state index contributed by atoms with van der Waals surface area (Å²) in [4.78, 5) is 44.5. The Morgan fingerprint density at radius 2 is 1.03 bits per heavy atom. The van der Waals surface area contributed by atoms with Crippen LogP contribution in [0.25, 0.3) is 22.3 Å². The number of anilines is 4. The SMILES string of the molecule is CC(C)C(C)(c1ccc(-c2cnc(N)nc2)cc1)c1noc(N2CCC(N(C)C(=O)OC(C)(C)C)CC2)n1.CNC1CCN(c2nc(C(C)(c3ccc(-c4cnc(N)nc4)cc3)C(C)C)no2)CC1.Cl. The molecule has 0 spiro atoms. The fourth-order valence-electron chi connectivity index (χ4n) is 8.83. The molecule has 6 aromatic rings. The lowest BCUT2D eigenvalue weighted by atomic mass is 9.72. The van der Waals surface area contributed by atoms with Crippen LogP contribution in [-0.4, -0.2) is 109 Å². The zero-order chi connectivity index (χ0) is 49.7. The lowest BCUT2D eigenvalue weighted by Crippen LogP contribution is -2.47. The van der Waals surface area contributed by atoms with Gasteiger partial charge < -0.3 is 45.3 Å². The summed E-state index contributed by atoms with van der Waals surface area (Å²) < 4.78 is 17.0. The minimum Gasteiger partial charge on any atom is -0.444 e. The van der Waals surface area contributed by atoms with Gasteiger partial charge in [-0.3, -0.25) is 0 Å². The number of rotatable bonds is 12. The van der Waals surface area contributed by atoms with E-state index in [1.165, 1.54) is 0 Å². The molecule has 6 heterocycles. The van der Waals surface area contributed by atoms with Gasteiger partial charge in [0, 0.05) is 81.2 Å². The maximum atomic E-state index is 12.5. The van der Waals surface area contributed by atoms with Gasteiger partial charge in [0.25, 0.3) is 0 Å². The van der Waals surface area contributed by atoms with Gasteiger partial charge in [-0.25, -0.2) is 24.7 Å². The van der Waals surface area contributed by atoms with E-state index >= 15 is 0 Å². The molecule has 1 amide bonds. The minimum absolute atomic E-state index is 0. The maximum absolute atomic E-state index is 12.5. The molecule has 376 valence electrons. The molecule has 18 nitrogen and oxygen atoms in total. The van der Waals surface area contributed by atoms with E-state index in [9.17, 15) is 4.79 Å². The molecule has 2 aromatic carbocycles. The molecule has 0 radical (unpaired) electrons. The van der Waals surface area contributed by atoms with Crippen LogP contribution in [0.5, 0.6) is 0 Å². The Hall–Kier alpha value is -6.40. The van der Waals surface area contributed by atoms with Crippen molar-refractivity contribution < 1.29 is 18.6 Å². The lowest BCUT2D eigenvalue weighted by Gasteiger charge is -2.36. The fourth-order valence-corrected chi connectivity index (χ4v) is 8.83. The Bertz CT molecular complexity index is 2580. The van der Waals surface area contributed by atoms with Crippen LogP contribution in [0.15, 0.2) is 82.4 Å². The van der Waals surface area contributed by atoms with E-state index in [-0.39, 0.29) is 53.7 Å². The van der Waals surface area contributed by atoms with E-state index in [0.717, 1.165) is 91.1 Å². The van der Waals surface area contributed by atoms with Crippen molar-refractivity contribution >= 4 is 42.4 Å². The summed E-state index contributed by atoms with van der Waals surface area (Å²) in [7, 11) is 3.82. The summed E-state index contributed by atoms with van der Waals surface area (Å²) in [5, 5.41) is 12.2. The predicted molar refractivity (Wildman–Crippen MR) is 276 cm³/mol. The zero-order valence-corrected chi connectivity index (χ0v) is 43.3. The number of nitrogen functional groups attached to an aromatic ring is 2. The molecule has 2 atom stereocenters. The second-order valence-electron chi connectivity index (χ2n) is 20.2. The average molecular weight is 980 g/mol. The lowest BCUT2D eigenvalue weighted by molar-refractivity contribution is 0.0200. The average Bonchev–Trinajstić information content (AvgIpc) is 4.06. The molecule has 2 fully saturated rings. The second-order valence-corrected chi connectivity index (χ2v) is 20.2. The van der Waals surface area contributed by atoms with Crippen LogP contribution in [0.4, 0.5) is 28.7 Å². The number of aromatic nitrogens is 8. The standard InChI is InChI=1S/C28H39N7O3.C23H31N7O.ClH/c1-18(2)28(6,21-10-8-19(9-11-21)20-16-30-24(29)31-17-20)23-32-25(38-33-23)35-14-12-22(13-15-35)34(7)26(36)37-27(3,4)5;1-15(2)23(3,18-7-5-16(6-8-18)17-13-26-21(24)27-14-17)20-28-22(31-29-20)30-11-9-19(25-4)10-12-30;/h8-11,16-18,22H,12-15H2,1-7H3,(H2,29,30,31);5-8,13-15,19,25H,9-12H2,1-4H3,(H2,24,26,27);1H. The van der Waals surface area contributed by atoms with Crippen LogP contribution in [0.3, 0.4) is 0 Å². The smallest absolute Gasteiger partial charge is 0.410 e. The third-order valence-corrected chi connectivity index (χ3v) is 14.2. The largest absolute Gasteiger partial charge is 0.444 e. The van der Waals surface area contributed by atoms with Crippen LogP contribution in [0.2, 0.25) is 0 Å². The number of carbonyl (C=O) groups excluding carboxylic acids is 1. The van der Waals surface area contributed by atoms with Gasteiger partial charge in [0.05, 0.1) is 10.8 Å². The molecule has 70 heavy (non-hydrogen) atoms. The summed E-state index contributed by atoms with van der Waals surface area (Å²) in [5.41, 5.74) is 16.0. The van der Waals surface area contributed by atoms with Crippen molar-refractivity contribution in [1.29, 1.82) is 0 Å². The first-order valence-corrected chi connectivity index (χ1v) is 24.0. The Labute approximate surface area is 418 Å². The van der Waals surface area contributed by atoms with Crippen LogP contribution >= 0.6 is 12.4 Å². The first kappa shape index (κ1) is 53.0. The molecule has 4 aromatic heterocycles. The predicted octanol–water partition coefficient (Wildman–Crippen LogP) is 8.59. The van der Waals surface area contributed by atoms with Crippen molar-refractivity contribution in [2.24, 2.45) is 11.8 Å². The number of halogens is 1. The third kappa shape index (κ3) is 11.8. The van der Waals surface area contributed by atoms with Gasteiger partial charge in [-0.2, -0.15) is 9.97 Å². The molecule has 2 unspecified atom stereocenters. The number of ether oxygens (including phenoxy) is 1. The minimum atomic E-state index is -0.514. The number of nitrogens with one attached hydrogen (secondary N) is 1.